The van der Waals surface area contributed by atoms with Crippen molar-refractivity contribution in [1.82, 2.24) is 39.5 Å². The molecule has 11 nitrogen and oxygen atoms in total. The number of imidazole rings is 1. The molecule has 0 unspecified atom stereocenters. The normalized spacial score (nSPS) is 18.0. The summed E-state index contributed by atoms with van der Waals surface area (Å²) in [6.07, 6.45) is 1.14. The fraction of sp³-hybridized carbons (Fsp3) is 0.423. The summed E-state index contributed by atoms with van der Waals surface area (Å²) < 4.78 is 64.5. The quantitative estimate of drug-likeness (QED) is 0.314. The molecule has 15 heteroatoms. The number of nitrogens with one attached hydrogen (secondary N) is 2. The zero-order chi connectivity index (χ0) is 29.5. The maximum absolute atomic E-state index is 14.8. The highest BCUT2D eigenvalue weighted by Gasteiger charge is 2.30. The van der Waals surface area contributed by atoms with Gasteiger partial charge in [0.25, 0.3) is 5.91 Å². The molecule has 4 aromatic rings. The molecule has 4 aromatic heterocycles. The van der Waals surface area contributed by atoms with Crippen molar-refractivity contribution in [2.24, 2.45) is 0 Å². The number of aromatic nitrogens is 6. The molecule has 5 rings (SSSR count). The van der Waals surface area contributed by atoms with E-state index in [1.807, 2.05) is 32.7 Å². The molecule has 41 heavy (non-hydrogen) atoms. The van der Waals surface area contributed by atoms with Crippen LogP contribution in [0.15, 0.2) is 41.3 Å². The lowest BCUT2D eigenvalue weighted by Gasteiger charge is -2.33. The average Bonchev–Trinajstić information content (AvgIpc) is 3.66. The molecule has 1 saturated heterocycles. The van der Waals surface area contributed by atoms with Crippen molar-refractivity contribution >= 4 is 23.1 Å². The smallest absolute Gasteiger partial charge is 0.307 e. The third-order valence-corrected chi connectivity index (χ3v) is 6.72. The van der Waals surface area contributed by atoms with Crippen LogP contribution in [0, 0.1) is 0 Å². The topological polar surface area (TPSA) is 118 Å². The molecule has 1 aliphatic rings. The van der Waals surface area contributed by atoms with Gasteiger partial charge in [-0.1, -0.05) is 5.16 Å². The Morgan fingerprint density at radius 1 is 1.22 bits per heavy atom. The molecule has 1 aliphatic heterocycles. The maximum atomic E-state index is 14.8. The van der Waals surface area contributed by atoms with E-state index in [9.17, 15) is 22.4 Å². The van der Waals surface area contributed by atoms with Crippen molar-refractivity contribution in [2.75, 3.05) is 25.5 Å². The summed E-state index contributed by atoms with van der Waals surface area (Å²) in [7, 11) is 1.82. The first-order valence-corrected chi connectivity index (χ1v) is 12.9. The van der Waals surface area contributed by atoms with Gasteiger partial charge in [0.05, 0.1) is 35.6 Å². The van der Waals surface area contributed by atoms with E-state index in [0.29, 0.717) is 24.2 Å². The van der Waals surface area contributed by atoms with Crippen molar-refractivity contribution in [1.29, 1.82) is 0 Å². The third kappa shape index (κ3) is 5.80. The first-order chi connectivity index (χ1) is 19.4. The van der Waals surface area contributed by atoms with Crippen LogP contribution in [0.1, 0.15) is 49.1 Å². The van der Waals surface area contributed by atoms with Gasteiger partial charge < -0.3 is 20.1 Å². The second-order valence-electron chi connectivity index (χ2n) is 10.9. The van der Waals surface area contributed by atoms with Crippen LogP contribution in [0.4, 0.5) is 23.2 Å². The number of alkyl halides is 1. The van der Waals surface area contributed by atoms with Crippen LogP contribution >= 0.6 is 0 Å². The molecule has 1 fully saturated rings. The number of pyridine rings is 1. The first-order valence-electron chi connectivity index (χ1n) is 12.9. The molecule has 2 atom stereocenters. The first kappa shape index (κ1) is 28.3. The number of amides is 1. The minimum Gasteiger partial charge on any atom is -0.376 e. The number of anilines is 1. The number of carbonyl (C=O) groups excluding carboxylic acids is 1. The fourth-order valence-electron chi connectivity index (χ4n) is 4.54. The Labute approximate surface area is 232 Å². The lowest BCUT2D eigenvalue weighted by Crippen LogP contribution is -2.46. The zero-order valence-electron chi connectivity index (χ0n) is 22.8. The van der Waals surface area contributed by atoms with E-state index in [1.54, 1.807) is 16.9 Å². The number of likely N-dealkylation sites (tertiary alicyclic amines) is 1. The van der Waals surface area contributed by atoms with Gasteiger partial charge in [-0.05, 0) is 46.4 Å². The Morgan fingerprint density at radius 2 is 2.00 bits per heavy atom. The monoisotopic (exact) mass is 575 g/mol. The molecule has 0 saturated carbocycles. The predicted molar refractivity (Wildman–Crippen MR) is 142 cm³/mol. The number of carbonyl (C=O) groups is 1. The molecule has 0 aliphatic carbocycles. The van der Waals surface area contributed by atoms with Gasteiger partial charge in [-0.15, -0.1) is 0 Å². The standard InChI is InChI=1S/C26H29F4N9O2/c1-26(2,3)39-12-14(10-32-39)25(40)31-11-18-34-23(36-41-18)20-21(19(28)22(29)30)38-8-5-6-17(24(38)35-20)33-16-7-9-37(4)13-15(16)27/h5-6,8,10,12,15-16,33H,7,9,11,13H2,1-4H3,(H,31,40)/t15-,16+/m0/s1. The summed E-state index contributed by atoms with van der Waals surface area (Å²) in [5.41, 5.74) is -0.489. The van der Waals surface area contributed by atoms with Crippen molar-refractivity contribution < 1.29 is 26.9 Å². The van der Waals surface area contributed by atoms with Gasteiger partial charge in [-0.3, -0.25) is 13.9 Å². The number of nitrogens with zero attached hydrogens (tertiary/aromatic N) is 7. The third-order valence-electron chi connectivity index (χ3n) is 6.72. The van der Waals surface area contributed by atoms with Crippen LogP contribution in [-0.2, 0) is 12.1 Å². The fourth-order valence-corrected chi connectivity index (χ4v) is 4.54. The molecule has 218 valence electrons. The zero-order valence-corrected chi connectivity index (χ0v) is 22.8. The largest absolute Gasteiger partial charge is 0.376 e. The molecular weight excluding hydrogens is 546 g/mol. The Hall–Kier alpha value is -4.27. The van der Waals surface area contributed by atoms with Gasteiger partial charge >= 0.3 is 6.08 Å². The van der Waals surface area contributed by atoms with Gasteiger partial charge in [0, 0.05) is 25.5 Å². The van der Waals surface area contributed by atoms with Crippen molar-refractivity contribution in [3.63, 3.8) is 0 Å². The lowest BCUT2D eigenvalue weighted by molar-refractivity contribution is 0.0946. The van der Waals surface area contributed by atoms with Crippen LogP contribution in [0.2, 0.25) is 0 Å². The van der Waals surface area contributed by atoms with Gasteiger partial charge in [0.15, 0.2) is 5.65 Å². The van der Waals surface area contributed by atoms with Gasteiger partial charge in [-0.25, -0.2) is 9.37 Å². The van der Waals surface area contributed by atoms with Crippen LogP contribution in [0.25, 0.3) is 23.0 Å². The highest BCUT2D eigenvalue weighted by molar-refractivity contribution is 5.93. The Balaban J connectivity index is 1.42. The number of fused-ring (bicyclic) bond motifs is 1. The van der Waals surface area contributed by atoms with Gasteiger partial charge in [-0.2, -0.15) is 23.3 Å². The van der Waals surface area contributed by atoms with E-state index in [0.717, 1.165) is 4.40 Å². The predicted octanol–water partition coefficient (Wildman–Crippen LogP) is 4.25. The molecule has 0 spiro atoms. The Bertz CT molecular complexity index is 1600. The molecule has 1 amide bonds. The van der Waals surface area contributed by atoms with E-state index >= 15 is 0 Å². The Morgan fingerprint density at radius 3 is 2.68 bits per heavy atom. The van der Waals surface area contributed by atoms with Crippen molar-refractivity contribution in [3.05, 3.63) is 54.0 Å². The number of hydrogen-bond donors (Lipinski definition) is 2. The average molecular weight is 576 g/mol. The SMILES string of the molecule is CN1CC[C@@H](Nc2cccn3c(C(F)=C(F)F)c(-c4noc(CNC(=O)c5cnn(C(C)(C)C)c5)n4)nc23)[C@@H](F)C1. The maximum Gasteiger partial charge on any atom is 0.307 e. The van der Waals surface area contributed by atoms with Crippen LogP contribution < -0.4 is 10.6 Å². The highest BCUT2D eigenvalue weighted by Crippen LogP contribution is 2.34. The molecule has 5 heterocycles. The van der Waals surface area contributed by atoms with E-state index in [2.05, 4.69) is 30.9 Å². The minimum atomic E-state index is -2.56. The second-order valence-corrected chi connectivity index (χ2v) is 10.9. The number of hydrogen-bond acceptors (Lipinski definition) is 8. The molecule has 0 radical (unpaired) electrons. The van der Waals surface area contributed by atoms with E-state index in [1.165, 1.54) is 18.5 Å². The van der Waals surface area contributed by atoms with E-state index in [4.69, 9.17) is 4.52 Å². The van der Waals surface area contributed by atoms with Gasteiger partial charge in [0.1, 0.15) is 17.6 Å². The van der Waals surface area contributed by atoms with Crippen LogP contribution in [0.3, 0.4) is 0 Å². The molecular formula is C26H29F4N9O2. The van der Waals surface area contributed by atoms with Crippen molar-refractivity contribution in [3.8, 4) is 11.5 Å². The van der Waals surface area contributed by atoms with E-state index < -0.39 is 35.7 Å². The number of piperidine rings is 1. The summed E-state index contributed by atoms with van der Waals surface area (Å²) in [4.78, 5) is 22.9. The highest BCUT2D eigenvalue weighted by atomic mass is 19.3. The van der Waals surface area contributed by atoms with Crippen LogP contribution in [0.5, 0.6) is 0 Å². The number of rotatable bonds is 7. The molecule has 2 N–H and O–H groups in total. The summed E-state index contributed by atoms with van der Waals surface area (Å²) in [5.74, 6) is -2.59. The number of halogens is 4. The summed E-state index contributed by atoms with van der Waals surface area (Å²) >= 11 is 0. The van der Waals surface area contributed by atoms with E-state index in [-0.39, 0.29) is 41.7 Å². The van der Waals surface area contributed by atoms with Crippen LogP contribution in [-0.4, -0.2) is 72.5 Å². The summed E-state index contributed by atoms with van der Waals surface area (Å²) in [5, 5.41) is 13.7. The minimum absolute atomic E-state index is 0.0605. The second kappa shape index (κ2) is 11.0. The molecule has 0 aromatic carbocycles. The molecule has 0 bridgehead atoms. The summed E-state index contributed by atoms with van der Waals surface area (Å²) in [6.45, 7) is 6.52. The van der Waals surface area contributed by atoms with Gasteiger partial charge in [0.2, 0.25) is 17.5 Å². The Kier molecular flexibility index (Phi) is 7.55. The summed E-state index contributed by atoms with van der Waals surface area (Å²) in [6, 6.07) is 2.57. The lowest BCUT2D eigenvalue weighted by atomic mass is 10.0. The van der Waals surface area contributed by atoms with Crippen molar-refractivity contribution in [2.45, 2.75) is 51.5 Å².